The summed E-state index contributed by atoms with van der Waals surface area (Å²) in [6.07, 6.45) is 10.3. The smallest absolute Gasteiger partial charge is 0.254 e. The second-order valence-electron chi connectivity index (χ2n) is 7.56. The highest BCUT2D eigenvalue weighted by Crippen LogP contribution is 2.25. The van der Waals surface area contributed by atoms with Gasteiger partial charge in [-0.3, -0.25) is 9.59 Å². The highest BCUT2D eigenvalue weighted by molar-refractivity contribution is 5.97. The minimum Gasteiger partial charge on any atom is -0.367 e. The van der Waals surface area contributed by atoms with Crippen molar-refractivity contribution in [2.24, 2.45) is 5.73 Å². The maximum atomic E-state index is 11.8. The monoisotopic (exact) mass is 374 g/mol. The maximum Gasteiger partial charge on any atom is 0.254 e. The standard InChI is InChI=1S/C19H30N6O2/c1-2-16(26)22-13-7-9-14(10-8-13)23-18-15(17(20)27)11-21-19(25-18)24-12-5-3-4-6-12/h11-14H,2-10H2,1H3,(H2,20,27)(H,22,26)(H2,21,23,24,25)/t13-,14-. The molecule has 8 heteroatoms. The van der Waals surface area contributed by atoms with Crippen LogP contribution in [-0.2, 0) is 4.79 Å². The van der Waals surface area contributed by atoms with Gasteiger partial charge in [-0.15, -0.1) is 0 Å². The van der Waals surface area contributed by atoms with Gasteiger partial charge in [0.15, 0.2) is 0 Å². The summed E-state index contributed by atoms with van der Waals surface area (Å²) in [4.78, 5) is 32.1. The topological polar surface area (TPSA) is 122 Å². The normalized spacial score (nSPS) is 23.0. The number of hydrogen-bond donors (Lipinski definition) is 4. The van der Waals surface area contributed by atoms with Gasteiger partial charge in [-0.2, -0.15) is 4.98 Å². The molecule has 27 heavy (non-hydrogen) atoms. The van der Waals surface area contributed by atoms with E-state index in [0.29, 0.717) is 29.8 Å². The molecule has 0 atom stereocenters. The lowest BCUT2D eigenvalue weighted by Crippen LogP contribution is -2.40. The summed E-state index contributed by atoms with van der Waals surface area (Å²) in [6, 6.07) is 0.832. The average molecular weight is 374 g/mol. The summed E-state index contributed by atoms with van der Waals surface area (Å²) >= 11 is 0. The van der Waals surface area contributed by atoms with Gasteiger partial charge in [0.25, 0.3) is 5.91 Å². The van der Waals surface area contributed by atoms with Crippen LogP contribution in [0.1, 0.15) is 75.1 Å². The third-order valence-electron chi connectivity index (χ3n) is 5.50. The van der Waals surface area contributed by atoms with Crippen molar-refractivity contribution in [3.05, 3.63) is 11.8 Å². The molecule has 1 aromatic heterocycles. The van der Waals surface area contributed by atoms with E-state index in [1.54, 1.807) is 0 Å². The van der Waals surface area contributed by atoms with Gasteiger partial charge in [0, 0.05) is 30.7 Å². The summed E-state index contributed by atoms with van der Waals surface area (Å²) in [7, 11) is 0. The molecule has 1 heterocycles. The number of carbonyl (C=O) groups is 2. The first-order valence-corrected chi connectivity index (χ1v) is 10.0. The molecule has 2 aliphatic rings. The van der Waals surface area contributed by atoms with E-state index in [2.05, 4.69) is 25.9 Å². The van der Waals surface area contributed by atoms with Crippen molar-refractivity contribution >= 4 is 23.6 Å². The number of nitrogens with zero attached hydrogens (tertiary/aromatic N) is 2. The fourth-order valence-electron chi connectivity index (χ4n) is 3.90. The zero-order valence-corrected chi connectivity index (χ0v) is 16.0. The van der Waals surface area contributed by atoms with Crippen molar-refractivity contribution in [1.82, 2.24) is 15.3 Å². The Hall–Kier alpha value is -2.38. The van der Waals surface area contributed by atoms with E-state index in [1.807, 2.05) is 6.92 Å². The molecule has 1 aromatic rings. The first kappa shape index (κ1) is 19.4. The molecule has 0 unspecified atom stereocenters. The fourth-order valence-corrected chi connectivity index (χ4v) is 3.90. The van der Waals surface area contributed by atoms with Gasteiger partial charge in [-0.1, -0.05) is 19.8 Å². The molecular formula is C19H30N6O2. The van der Waals surface area contributed by atoms with E-state index in [0.717, 1.165) is 38.5 Å². The molecule has 2 saturated carbocycles. The van der Waals surface area contributed by atoms with Gasteiger partial charge in [0.1, 0.15) is 5.82 Å². The number of anilines is 2. The lowest BCUT2D eigenvalue weighted by atomic mass is 9.91. The summed E-state index contributed by atoms with van der Waals surface area (Å²) in [5.74, 6) is 0.604. The lowest BCUT2D eigenvalue weighted by Gasteiger charge is -2.30. The number of nitrogens with two attached hydrogens (primary N) is 1. The Labute approximate surface area is 160 Å². The molecule has 148 valence electrons. The molecule has 8 nitrogen and oxygen atoms in total. The number of primary amides is 1. The van der Waals surface area contributed by atoms with Crippen molar-refractivity contribution in [3.63, 3.8) is 0 Å². The Balaban J connectivity index is 1.62. The zero-order valence-electron chi connectivity index (χ0n) is 16.0. The average Bonchev–Trinajstić information content (AvgIpc) is 3.16. The molecule has 0 aromatic carbocycles. The van der Waals surface area contributed by atoms with E-state index < -0.39 is 5.91 Å². The van der Waals surface area contributed by atoms with Gasteiger partial charge >= 0.3 is 0 Å². The second kappa shape index (κ2) is 9.01. The highest BCUT2D eigenvalue weighted by Gasteiger charge is 2.24. The second-order valence-corrected chi connectivity index (χ2v) is 7.56. The molecule has 0 radical (unpaired) electrons. The van der Waals surface area contributed by atoms with E-state index in [4.69, 9.17) is 5.73 Å². The van der Waals surface area contributed by atoms with Crippen LogP contribution in [0.5, 0.6) is 0 Å². The first-order chi connectivity index (χ1) is 13.0. The van der Waals surface area contributed by atoms with Crippen molar-refractivity contribution in [2.75, 3.05) is 10.6 Å². The number of hydrogen-bond acceptors (Lipinski definition) is 6. The zero-order chi connectivity index (χ0) is 19.2. The Morgan fingerprint density at radius 2 is 1.67 bits per heavy atom. The number of carbonyl (C=O) groups excluding carboxylic acids is 2. The van der Waals surface area contributed by atoms with Crippen LogP contribution in [0.15, 0.2) is 6.20 Å². The third-order valence-corrected chi connectivity index (χ3v) is 5.50. The molecular weight excluding hydrogens is 344 g/mol. The summed E-state index contributed by atoms with van der Waals surface area (Å²) in [5.41, 5.74) is 5.81. The maximum absolute atomic E-state index is 11.8. The molecule has 2 fully saturated rings. The number of nitrogens with one attached hydrogen (secondary N) is 3. The quantitative estimate of drug-likeness (QED) is 0.580. The van der Waals surface area contributed by atoms with Crippen molar-refractivity contribution in [3.8, 4) is 0 Å². The predicted octanol–water partition coefficient (Wildman–Crippen LogP) is 2.18. The SMILES string of the molecule is CCC(=O)N[C@H]1CC[C@H](Nc2nc(NC3CCCC3)ncc2C(N)=O)CC1. The molecule has 3 rings (SSSR count). The number of amides is 2. The van der Waals surface area contributed by atoms with Gasteiger partial charge in [0.2, 0.25) is 11.9 Å². The summed E-state index contributed by atoms with van der Waals surface area (Å²) in [5, 5.41) is 9.79. The van der Waals surface area contributed by atoms with Crippen LogP contribution in [0.25, 0.3) is 0 Å². The molecule has 0 saturated heterocycles. The van der Waals surface area contributed by atoms with E-state index in [-0.39, 0.29) is 18.0 Å². The van der Waals surface area contributed by atoms with Gasteiger partial charge in [-0.05, 0) is 38.5 Å². The predicted molar refractivity (Wildman–Crippen MR) is 105 cm³/mol. The molecule has 0 aliphatic heterocycles. The number of rotatable bonds is 7. The molecule has 0 bridgehead atoms. The Morgan fingerprint density at radius 3 is 2.30 bits per heavy atom. The Bertz CT molecular complexity index is 666. The van der Waals surface area contributed by atoms with Crippen LogP contribution >= 0.6 is 0 Å². The highest BCUT2D eigenvalue weighted by atomic mass is 16.2. The van der Waals surface area contributed by atoms with Crippen molar-refractivity contribution in [2.45, 2.75) is 82.8 Å². The van der Waals surface area contributed by atoms with Crippen LogP contribution in [0.3, 0.4) is 0 Å². The van der Waals surface area contributed by atoms with Crippen molar-refractivity contribution in [1.29, 1.82) is 0 Å². The van der Waals surface area contributed by atoms with Crippen LogP contribution < -0.4 is 21.7 Å². The van der Waals surface area contributed by atoms with E-state index >= 15 is 0 Å². The van der Waals surface area contributed by atoms with Gasteiger partial charge < -0.3 is 21.7 Å². The fraction of sp³-hybridized carbons (Fsp3) is 0.684. The van der Waals surface area contributed by atoms with Crippen LogP contribution in [-0.4, -0.2) is 39.9 Å². The van der Waals surface area contributed by atoms with Gasteiger partial charge in [-0.25, -0.2) is 4.98 Å². The van der Waals surface area contributed by atoms with Crippen LogP contribution in [0, 0.1) is 0 Å². The molecule has 2 amide bonds. The minimum absolute atomic E-state index is 0.0980. The van der Waals surface area contributed by atoms with Crippen molar-refractivity contribution < 1.29 is 9.59 Å². The molecule has 0 spiro atoms. The van der Waals surface area contributed by atoms with E-state index in [1.165, 1.54) is 19.0 Å². The minimum atomic E-state index is -0.534. The molecule has 2 aliphatic carbocycles. The van der Waals surface area contributed by atoms with Gasteiger partial charge in [0.05, 0.1) is 5.56 Å². The number of aromatic nitrogens is 2. The Kier molecular flexibility index (Phi) is 6.47. The van der Waals surface area contributed by atoms with E-state index in [9.17, 15) is 9.59 Å². The van der Waals surface area contributed by atoms with Crippen LogP contribution in [0.2, 0.25) is 0 Å². The lowest BCUT2D eigenvalue weighted by molar-refractivity contribution is -0.121. The third kappa shape index (κ3) is 5.30. The summed E-state index contributed by atoms with van der Waals surface area (Å²) in [6.45, 7) is 1.86. The Morgan fingerprint density at radius 1 is 1.04 bits per heavy atom. The first-order valence-electron chi connectivity index (χ1n) is 10.0. The molecule has 5 N–H and O–H groups in total. The largest absolute Gasteiger partial charge is 0.367 e. The summed E-state index contributed by atoms with van der Waals surface area (Å²) < 4.78 is 0. The van der Waals surface area contributed by atoms with Crippen LogP contribution in [0.4, 0.5) is 11.8 Å².